The van der Waals surface area contributed by atoms with E-state index < -0.39 is 0 Å². The van der Waals surface area contributed by atoms with Gasteiger partial charge in [0.15, 0.2) is 0 Å². The van der Waals surface area contributed by atoms with Crippen molar-refractivity contribution in [2.45, 2.75) is 51.1 Å². The lowest BCUT2D eigenvalue weighted by Gasteiger charge is -2.45. The van der Waals surface area contributed by atoms with E-state index in [4.69, 9.17) is 0 Å². The fraction of sp³-hybridized carbons (Fsp3) is 0.722. The van der Waals surface area contributed by atoms with Crippen LogP contribution in [0.2, 0.25) is 0 Å². The number of piperidine rings is 2. The van der Waals surface area contributed by atoms with Crippen LogP contribution in [-0.2, 0) is 11.3 Å². The number of aromatic nitrogens is 1. The fourth-order valence-corrected chi connectivity index (χ4v) is 4.18. The molecule has 0 N–H and O–H groups in total. The van der Waals surface area contributed by atoms with Crippen LogP contribution in [-0.4, -0.2) is 53.0 Å². The van der Waals surface area contributed by atoms with E-state index in [0.29, 0.717) is 12.3 Å². The normalized spacial score (nSPS) is 25.7. The average Bonchev–Trinajstić information content (AvgIpc) is 3.06. The molecule has 4 nitrogen and oxygen atoms in total. The lowest BCUT2D eigenvalue weighted by molar-refractivity contribution is -0.131. The third-order valence-electron chi connectivity index (χ3n) is 5.41. The maximum absolute atomic E-state index is 12.4. The Morgan fingerprint density at radius 1 is 1.14 bits per heavy atom. The van der Waals surface area contributed by atoms with Gasteiger partial charge in [-0.2, -0.15) is 0 Å². The first-order chi connectivity index (χ1) is 10.7. The van der Waals surface area contributed by atoms with Crippen molar-refractivity contribution >= 4 is 5.91 Å². The van der Waals surface area contributed by atoms with Gasteiger partial charge < -0.3 is 14.4 Å². The zero-order valence-electron chi connectivity index (χ0n) is 13.8. The topological polar surface area (TPSA) is 28.5 Å². The van der Waals surface area contributed by atoms with Crippen LogP contribution in [0.4, 0.5) is 0 Å². The predicted octanol–water partition coefficient (Wildman–Crippen LogP) is 2.60. The number of hydrogen-bond acceptors (Lipinski definition) is 2. The van der Waals surface area contributed by atoms with E-state index in [1.165, 1.54) is 45.2 Å². The maximum Gasteiger partial charge on any atom is 0.224 e. The maximum atomic E-state index is 12.4. The molecule has 1 amide bonds. The second kappa shape index (κ2) is 7.32. The summed E-state index contributed by atoms with van der Waals surface area (Å²) < 4.78 is 2.08. The van der Waals surface area contributed by atoms with Crippen molar-refractivity contribution in [3.63, 3.8) is 0 Å². The second-order valence-corrected chi connectivity index (χ2v) is 6.95. The summed E-state index contributed by atoms with van der Waals surface area (Å²) in [5.74, 6) is 0.955. The summed E-state index contributed by atoms with van der Waals surface area (Å²) in [7, 11) is 1.99. The Bertz CT molecular complexity index is 469. The highest BCUT2D eigenvalue weighted by Crippen LogP contribution is 2.31. The standard InChI is InChI=1S/C18H29N3O/c1-19(18(22)9-14-20-10-4-5-11-20)15-16-7-6-13-21-12-3-2-8-17(16)21/h4-5,10-11,16-17H,2-3,6-9,12-15H2,1H3/t16-,17+/m0/s1. The zero-order chi connectivity index (χ0) is 15.4. The van der Waals surface area contributed by atoms with Crippen LogP contribution in [0, 0.1) is 5.92 Å². The first-order valence-corrected chi connectivity index (χ1v) is 8.83. The molecule has 0 spiro atoms. The van der Waals surface area contributed by atoms with Crippen molar-refractivity contribution < 1.29 is 4.79 Å². The second-order valence-electron chi connectivity index (χ2n) is 6.95. The lowest BCUT2D eigenvalue weighted by atomic mass is 9.83. The summed E-state index contributed by atoms with van der Waals surface area (Å²) in [6, 6.07) is 4.74. The molecule has 2 atom stereocenters. The SMILES string of the molecule is CN(C[C@@H]1CCCN2CCCC[C@H]12)C(=O)CCn1cccc1. The van der Waals surface area contributed by atoms with Gasteiger partial charge in [-0.1, -0.05) is 6.42 Å². The van der Waals surface area contributed by atoms with Gasteiger partial charge in [0.2, 0.25) is 5.91 Å². The predicted molar refractivity (Wildman–Crippen MR) is 88.6 cm³/mol. The van der Waals surface area contributed by atoms with Gasteiger partial charge in [0, 0.05) is 45.0 Å². The van der Waals surface area contributed by atoms with Crippen LogP contribution in [0.1, 0.15) is 38.5 Å². The van der Waals surface area contributed by atoms with Gasteiger partial charge in [-0.3, -0.25) is 4.79 Å². The van der Waals surface area contributed by atoms with Crippen molar-refractivity contribution in [3.05, 3.63) is 24.5 Å². The summed E-state index contributed by atoms with van der Waals surface area (Å²) in [6.07, 6.45) is 11.3. The van der Waals surface area contributed by atoms with Gasteiger partial charge in [-0.05, 0) is 56.8 Å². The molecule has 22 heavy (non-hydrogen) atoms. The quantitative estimate of drug-likeness (QED) is 0.836. The third kappa shape index (κ3) is 3.72. The van der Waals surface area contributed by atoms with E-state index in [1.807, 2.05) is 36.5 Å². The number of fused-ring (bicyclic) bond motifs is 1. The number of hydrogen-bond donors (Lipinski definition) is 0. The number of aryl methyl sites for hydroxylation is 1. The summed E-state index contributed by atoms with van der Waals surface area (Å²) in [5, 5.41) is 0. The minimum atomic E-state index is 0.279. The first-order valence-electron chi connectivity index (χ1n) is 8.83. The molecule has 0 aromatic carbocycles. The first kappa shape index (κ1) is 15.6. The van der Waals surface area contributed by atoms with E-state index in [9.17, 15) is 4.79 Å². The minimum Gasteiger partial charge on any atom is -0.354 e. The Kier molecular flexibility index (Phi) is 5.19. The molecular formula is C18H29N3O. The molecule has 0 saturated carbocycles. The Hall–Kier alpha value is -1.29. The largest absolute Gasteiger partial charge is 0.354 e. The van der Waals surface area contributed by atoms with E-state index in [1.54, 1.807) is 0 Å². The monoisotopic (exact) mass is 303 g/mol. The molecule has 0 unspecified atom stereocenters. The molecule has 0 radical (unpaired) electrons. The zero-order valence-corrected chi connectivity index (χ0v) is 13.8. The van der Waals surface area contributed by atoms with Crippen LogP contribution < -0.4 is 0 Å². The van der Waals surface area contributed by atoms with Crippen LogP contribution >= 0.6 is 0 Å². The summed E-state index contributed by atoms with van der Waals surface area (Å²) in [6.45, 7) is 4.26. The van der Waals surface area contributed by atoms with E-state index in [2.05, 4.69) is 9.47 Å². The fourth-order valence-electron chi connectivity index (χ4n) is 4.18. The number of amides is 1. The smallest absolute Gasteiger partial charge is 0.224 e. The van der Waals surface area contributed by atoms with Crippen LogP contribution in [0.15, 0.2) is 24.5 Å². The molecule has 0 bridgehead atoms. The molecule has 4 heteroatoms. The molecule has 2 fully saturated rings. The summed E-state index contributed by atoms with van der Waals surface area (Å²) in [4.78, 5) is 17.0. The lowest BCUT2D eigenvalue weighted by Crippen LogP contribution is -2.51. The highest BCUT2D eigenvalue weighted by Gasteiger charge is 2.33. The van der Waals surface area contributed by atoms with Crippen molar-refractivity contribution in [1.82, 2.24) is 14.4 Å². The molecular weight excluding hydrogens is 274 g/mol. The van der Waals surface area contributed by atoms with Crippen LogP contribution in [0.25, 0.3) is 0 Å². The minimum absolute atomic E-state index is 0.279. The molecule has 2 aliphatic rings. The van der Waals surface area contributed by atoms with E-state index >= 15 is 0 Å². The highest BCUT2D eigenvalue weighted by atomic mass is 16.2. The Labute approximate surface area is 134 Å². The highest BCUT2D eigenvalue weighted by molar-refractivity contribution is 5.75. The third-order valence-corrected chi connectivity index (χ3v) is 5.41. The van der Waals surface area contributed by atoms with Crippen molar-refractivity contribution in [3.8, 4) is 0 Å². The van der Waals surface area contributed by atoms with Gasteiger partial charge >= 0.3 is 0 Å². The number of carbonyl (C=O) groups excluding carboxylic acids is 1. The Morgan fingerprint density at radius 3 is 2.73 bits per heavy atom. The van der Waals surface area contributed by atoms with Crippen molar-refractivity contribution in [2.75, 3.05) is 26.7 Å². The van der Waals surface area contributed by atoms with E-state index in [-0.39, 0.29) is 5.91 Å². The van der Waals surface area contributed by atoms with Gasteiger partial charge in [0.05, 0.1) is 0 Å². The molecule has 1 aromatic heterocycles. The molecule has 2 aliphatic heterocycles. The molecule has 0 aliphatic carbocycles. The molecule has 2 saturated heterocycles. The number of nitrogens with zero attached hydrogens (tertiary/aromatic N) is 3. The van der Waals surface area contributed by atoms with Gasteiger partial charge in [-0.15, -0.1) is 0 Å². The van der Waals surface area contributed by atoms with Gasteiger partial charge in [0.25, 0.3) is 0 Å². The summed E-state index contributed by atoms with van der Waals surface area (Å²) in [5.41, 5.74) is 0. The number of rotatable bonds is 5. The molecule has 3 heterocycles. The van der Waals surface area contributed by atoms with Crippen LogP contribution in [0.5, 0.6) is 0 Å². The summed E-state index contributed by atoms with van der Waals surface area (Å²) >= 11 is 0. The van der Waals surface area contributed by atoms with Gasteiger partial charge in [0.1, 0.15) is 0 Å². The van der Waals surface area contributed by atoms with E-state index in [0.717, 1.165) is 19.1 Å². The van der Waals surface area contributed by atoms with Crippen molar-refractivity contribution in [1.29, 1.82) is 0 Å². The van der Waals surface area contributed by atoms with Gasteiger partial charge in [-0.25, -0.2) is 0 Å². The average molecular weight is 303 g/mol. The van der Waals surface area contributed by atoms with Crippen LogP contribution in [0.3, 0.4) is 0 Å². The number of carbonyl (C=O) groups is 1. The Balaban J connectivity index is 1.49. The Morgan fingerprint density at radius 2 is 1.91 bits per heavy atom. The molecule has 3 rings (SSSR count). The molecule has 122 valence electrons. The van der Waals surface area contributed by atoms with Crippen molar-refractivity contribution in [2.24, 2.45) is 5.92 Å². The molecule has 1 aromatic rings.